The largest absolute Gasteiger partial charge is 0.366 e. The zero-order valence-corrected chi connectivity index (χ0v) is 12.3. The van der Waals surface area contributed by atoms with Crippen molar-refractivity contribution < 1.29 is 0 Å². The predicted octanol–water partition coefficient (Wildman–Crippen LogP) is 3.04. The SMILES string of the molecule is NC1(c2nc3c(s2)CN(c2ccccc2)CC3)CCC1. The molecule has 1 aliphatic carbocycles. The highest BCUT2D eigenvalue weighted by Crippen LogP contribution is 2.42. The number of anilines is 1. The van der Waals surface area contributed by atoms with Crippen LogP contribution in [-0.2, 0) is 18.5 Å². The zero-order valence-electron chi connectivity index (χ0n) is 11.5. The molecule has 0 amide bonds. The minimum absolute atomic E-state index is 0.112. The number of thiazole rings is 1. The third-order valence-electron chi connectivity index (χ3n) is 4.52. The summed E-state index contributed by atoms with van der Waals surface area (Å²) in [5.41, 5.74) is 8.90. The van der Waals surface area contributed by atoms with E-state index in [4.69, 9.17) is 10.7 Å². The summed E-state index contributed by atoms with van der Waals surface area (Å²) in [4.78, 5) is 8.69. The average Bonchev–Trinajstić information content (AvgIpc) is 2.89. The van der Waals surface area contributed by atoms with Crippen LogP contribution in [0.3, 0.4) is 0 Å². The van der Waals surface area contributed by atoms with Crippen LogP contribution in [0, 0.1) is 0 Å². The number of nitrogens with two attached hydrogens (primary N) is 1. The van der Waals surface area contributed by atoms with Gasteiger partial charge >= 0.3 is 0 Å². The van der Waals surface area contributed by atoms with Crippen LogP contribution in [0.5, 0.6) is 0 Å². The van der Waals surface area contributed by atoms with Gasteiger partial charge in [0.25, 0.3) is 0 Å². The fraction of sp³-hybridized carbons (Fsp3) is 0.438. The van der Waals surface area contributed by atoms with Crippen molar-refractivity contribution in [3.8, 4) is 0 Å². The third kappa shape index (κ3) is 1.95. The van der Waals surface area contributed by atoms with E-state index in [9.17, 15) is 0 Å². The molecule has 0 saturated heterocycles. The summed E-state index contributed by atoms with van der Waals surface area (Å²) in [6, 6.07) is 10.6. The van der Waals surface area contributed by atoms with Crippen LogP contribution in [0.4, 0.5) is 5.69 Å². The van der Waals surface area contributed by atoms with Crippen LogP contribution in [-0.4, -0.2) is 11.5 Å². The van der Waals surface area contributed by atoms with Gasteiger partial charge in [0.05, 0.1) is 17.8 Å². The highest BCUT2D eigenvalue weighted by molar-refractivity contribution is 7.12. The molecule has 2 aliphatic rings. The summed E-state index contributed by atoms with van der Waals surface area (Å²) in [7, 11) is 0. The van der Waals surface area contributed by atoms with Gasteiger partial charge in [0.2, 0.25) is 0 Å². The van der Waals surface area contributed by atoms with Crippen molar-refractivity contribution in [3.05, 3.63) is 45.9 Å². The lowest BCUT2D eigenvalue weighted by Gasteiger charge is -2.35. The number of hydrogen-bond donors (Lipinski definition) is 1. The minimum Gasteiger partial charge on any atom is -0.366 e. The van der Waals surface area contributed by atoms with Crippen molar-refractivity contribution in [1.82, 2.24) is 4.98 Å². The first-order valence-corrected chi connectivity index (χ1v) is 8.14. The molecule has 4 heteroatoms. The lowest BCUT2D eigenvalue weighted by molar-refractivity contribution is 0.252. The van der Waals surface area contributed by atoms with Gasteiger partial charge in [-0.15, -0.1) is 11.3 Å². The summed E-state index contributed by atoms with van der Waals surface area (Å²) in [6.45, 7) is 2.03. The molecule has 20 heavy (non-hydrogen) atoms. The fourth-order valence-corrected chi connectivity index (χ4v) is 4.32. The Morgan fingerprint density at radius 3 is 2.70 bits per heavy atom. The average molecular weight is 285 g/mol. The molecule has 2 aromatic rings. The molecule has 1 aromatic carbocycles. The molecular formula is C16H19N3S. The molecule has 0 spiro atoms. The second-order valence-electron chi connectivity index (χ2n) is 5.91. The maximum absolute atomic E-state index is 6.42. The highest BCUT2D eigenvalue weighted by atomic mass is 32.1. The second kappa shape index (κ2) is 4.57. The first kappa shape index (κ1) is 12.4. The van der Waals surface area contributed by atoms with Crippen LogP contribution in [0.1, 0.15) is 34.8 Å². The molecule has 2 N–H and O–H groups in total. The van der Waals surface area contributed by atoms with Crippen LogP contribution in [0.15, 0.2) is 30.3 Å². The monoisotopic (exact) mass is 285 g/mol. The Kier molecular flexibility index (Phi) is 2.82. The topological polar surface area (TPSA) is 42.1 Å². The predicted molar refractivity (Wildman–Crippen MR) is 83.0 cm³/mol. The summed E-state index contributed by atoms with van der Waals surface area (Å²) in [6.07, 6.45) is 4.48. The number of para-hydroxylation sites is 1. The third-order valence-corrected chi connectivity index (χ3v) is 5.83. The van der Waals surface area contributed by atoms with Gasteiger partial charge in [0.15, 0.2) is 0 Å². The number of benzene rings is 1. The summed E-state index contributed by atoms with van der Waals surface area (Å²) < 4.78 is 0. The minimum atomic E-state index is -0.112. The Balaban J connectivity index is 1.60. The summed E-state index contributed by atoms with van der Waals surface area (Å²) >= 11 is 1.84. The highest BCUT2D eigenvalue weighted by Gasteiger charge is 2.38. The molecule has 0 bridgehead atoms. The van der Waals surface area contributed by atoms with E-state index in [1.807, 2.05) is 11.3 Å². The van der Waals surface area contributed by atoms with Gasteiger partial charge in [-0.3, -0.25) is 0 Å². The van der Waals surface area contributed by atoms with Crippen molar-refractivity contribution >= 4 is 17.0 Å². The second-order valence-corrected chi connectivity index (χ2v) is 6.99. The first-order valence-electron chi connectivity index (χ1n) is 7.33. The summed E-state index contributed by atoms with van der Waals surface area (Å²) in [5.74, 6) is 0. The lowest BCUT2D eigenvalue weighted by Crippen LogP contribution is -2.43. The van der Waals surface area contributed by atoms with E-state index in [-0.39, 0.29) is 5.54 Å². The van der Waals surface area contributed by atoms with E-state index in [1.54, 1.807) is 0 Å². The van der Waals surface area contributed by atoms with Crippen molar-refractivity contribution in [3.63, 3.8) is 0 Å². The number of fused-ring (bicyclic) bond motifs is 1. The van der Waals surface area contributed by atoms with Gasteiger partial charge in [-0.1, -0.05) is 18.2 Å². The van der Waals surface area contributed by atoms with Crippen LogP contribution in [0.25, 0.3) is 0 Å². The van der Waals surface area contributed by atoms with E-state index in [2.05, 4.69) is 35.2 Å². The molecule has 1 fully saturated rings. The first-order chi connectivity index (χ1) is 9.74. The fourth-order valence-electron chi connectivity index (χ4n) is 3.04. The van der Waals surface area contributed by atoms with Crippen LogP contribution < -0.4 is 10.6 Å². The van der Waals surface area contributed by atoms with E-state index in [0.29, 0.717) is 0 Å². The van der Waals surface area contributed by atoms with E-state index in [0.717, 1.165) is 32.4 Å². The van der Waals surface area contributed by atoms with Crippen molar-refractivity contribution in [2.45, 2.75) is 37.8 Å². The van der Waals surface area contributed by atoms with Crippen LogP contribution >= 0.6 is 11.3 Å². The number of nitrogens with zero attached hydrogens (tertiary/aromatic N) is 2. The molecule has 0 unspecified atom stereocenters. The van der Waals surface area contributed by atoms with Crippen molar-refractivity contribution in [2.24, 2.45) is 5.73 Å². The standard InChI is InChI=1S/C16H19N3S/c17-16(8-4-9-16)15-18-13-7-10-19(11-14(13)20-15)12-5-2-1-3-6-12/h1-3,5-6H,4,7-11,17H2. The zero-order chi connectivity index (χ0) is 13.6. The Hall–Kier alpha value is -1.39. The van der Waals surface area contributed by atoms with E-state index < -0.39 is 0 Å². The Morgan fingerprint density at radius 2 is 2.00 bits per heavy atom. The maximum Gasteiger partial charge on any atom is 0.113 e. The Bertz CT molecular complexity index is 616. The quantitative estimate of drug-likeness (QED) is 0.922. The lowest BCUT2D eigenvalue weighted by atomic mass is 9.78. The van der Waals surface area contributed by atoms with Crippen LogP contribution in [0.2, 0.25) is 0 Å². The molecule has 3 nitrogen and oxygen atoms in total. The Morgan fingerprint density at radius 1 is 1.20 bits per heavy atom. The normalized spacial score (nSPS) is 20.4. The Labute approximate surface area is 123 Å². The molecule has 2 heterocycles. The number of rotatable bonds is 2. The molecule has 4 rings (SSSR count). The molecule has 1 aromatic heterocycles. The molecule has 0 atom stereocenters. The van der Waals surface area contributed by atoms with Gasteiger partial charge < -0.3 is 10.6 Å². The van der Waals surface area contributed by atoms with Crippen molar-refractivity contribution in [2.75, 3.05) is 11.4 Å². The van der Waals surface area contributed by atoms with Gasteiger partial charge in [0.1, 0.15) is 5.01 Å². The maximum atomic E-state index is 6.42. The van der Waals surface area contributed by atoms with E-state index >= 15 is 0 Å². The number of hydrogen-bond acceptors (Lipinski definition) is 4. The molecular weight excluding hydrogens is 266 g/mol. The van der Waals surface area contributed by atoms with Gasteiger partial charge in [-0.2, -0.15) is 0 Å². The number of aromatic nitrogens is 1. The molecule has 104 valence electrons. The van der Waals surface area contributed by atoms with Gasteiger partial charge in [-0.05, 0) is 31.4 Å². The molecule has 1 aliphatic heterocycles. The van der Waals surface area contributed by atoms with Gasteiger partial charge in [0, 0.05) is 23.5 Å². The van der Waals surface area contributed by atoms with Gasteiger partial charge in [-0.25, -0.2) is 4.98 Å². The smallest absolute Gasteiger partial charge is 0.113 e. The molecule has 1 saturated carbocycles. The molecule has 0 radical (unpaired) electrons. The van der Waals surface area contributed by atoms with E-state index in [1.165, 1.54) is 27.7 Å². The summed E-state index contributed by atoms with van der Waals surface area (Å²) in [5, 5.41) is 1.17. The van der Waals surface area contributed by atoms with Crippen molar-refractivity contribution in [1.29, 1.82) is 0 Å².